The Morgan fingerprint density at radius 2 is 2.29 bits per heavy atom. The van der Waals surface area contributed by atoms with Crippen LogP contribution in [0.15, 0.2) is 12.4 Å². The van der Waals surface area contributed by atoms with Crippen LogP contribution in [-0.4, -0.2) is 22.8 Å². The number of ether oxygens (including phenoxy) is 1. The molecule has 3 nitrogen and oxygen atoms in total. The first-order valence-corrected chi connectivity index (χ1v) is 5.27. The number of nitrogens with zero attached hydrogens (tertiary/aromatic N) is 2. The number of hydrogen-bond acceptors (Lipinski definition) is 2. The summed E-state index contributed by atoms with van der Waals surface area (Å²) in [5.41, 5.74) is 0. The molecule has 0 bridgehead atoms. The van der Waals surface area contributed by atoms with Crippen LogP contribution < -0.4 is 0 Å². The highest BCUT2D eigenvalue weighted by molar-refractivity contribution is 4.91. The van der Waals surface area contributed by atoms with E-state index < -0.39 is 0 Å². The molecule has 0 aliphatic heterocycles. The maximum absolute atomic E-state index is 5.39. The fourth-order valence-electron chi connectivity index (χ4n) is 1.63. The molecular formula is C11H20N2O. The first-order chi connectivity index (χ1) is 6.77. The third kappa shape index (κ3) is 3.14. The molecule has 1 atom stereocenters. The van der Waals surface area contributed by atoms with Crippen LogP contribution in [0.3, 0.4) is 0 Å². The molecule has 1 unspecified atom stereocenters. The third-order valence-electron chi connectivity index (χ3n) is 2.55. The van der Waals surface area contributed by atoms with Crippen molar-refractivity contribution in [1.29, 1.82) is 0 Å². The van der Waals surface area contributed by atoms with Crippen molar-refractivity contribution in [3.05, 3.63) is 18.2 Å². The maximum Gasteiger partial charge on any atom is 0.108 e. The van der Waals surface area contributed by atoms with Crippen LogP contribution in [0.4, 0.5) is 0 Å². The Bertz CT molecular complexity index is 258. The second kappa shape index (κ2) is 5.81. The summed E-state index contributed by atoms with van der Waals surface area (Å²) in [6.45, 7) is 2.19. The second-order valence-corrected chi connectivity index (χ2v) is 3.64. The Morgan fingerprint density at radius 1 is 1.50 bits per heavy atom. The van der Waals surface area contributed by atoms with Crippen LogP contribution in [-0.2, 0) is 18.2 Å². The lowest BCUT2D eigenvalue weighted by molar-refractivity contribution is 0.0870. The third-order valence-corrected chi connectivity index (χ3v) is 2.55. The summed E-state index contributed by atoms with van der Waals surface area (Å²) >= 11 is 0. The van der Waals surface area contributed by atoms with Crippen LogP contribution in [0.25, 0.3) is 0 Å². The summed E-state index contributed by atoms with van der Waals surface area (Å²) in [6, 6.07) is 0. The van der Waals surface area contributed by atoms with Gasteiger partial charge in [-0.05, 0) is 12.8 Å². The van der Waals surface area contributed by atoms with Crippen molar-refractivity contribution < 1.29 is 4.74 Å². The van der Waals surface area contributed by atoms with Crippen LogP contribution >= 0.6 is 0 Å². The van der Waals surface area contributed by atoms with Crippen LogP contribution in [0.1, 0.15) is 32.0 Å². The van der Waals surface area contributed by atoms with Gasteiger partial charge in [0.1, 0.15) is 5.82 Å². The zero-order chi connectivity index (χ0) is 10.4. The predicted molar refractivity (Wildman–Crippen MR) is 57.2 cm³/mol. The summed E-state index contributed by atoms with van der Waals surface area (Å²) in [5, 5.41) is 0. The van der Waals surface area contributed by atoms with Crippen molar-refractivity contribution in [3.8, 4) is 0 Å². The van der Waals surface area contributed by atoms with Crippen molar-refractivity contribution >= 4 is 0 Å². The van der Waals surface area contributed by atoms with Gasteiger partial charge in [-0.15, -0.1) is 0 Å². The van der Waals surface area contributed by atoms with Gasteiger partial charge in [-0.3, -0.25) is 0 Å². The maximum atomic E-state index is 5.39. The minimum absolute atomic E-state index is 0.386. The van der Waals surface area contributed by atoms with Crippen molar-refractivity contribution in [2.45, 2.75) is 38.7 Å². The zero-order valence-corrected chi connectivity index (χ0v) is 9.36. The molecule has 0 radical (unpaired) electrons. The van der Waals surface area contributed by atoms with Gasteiger partial charge < -0.3 is 9.30 Å². The molecule has 0 aliphatic rings. The highest BCUT2D eigenvalue weighted by Crippen LogP contribution is 2.09. The molecule has 0 amide bonds. The van der Waals surface area contributed by atoms with Crippen molar-refractivity contribution in [2.24, 2.45) is 7.05 Å². The summed E-state index contributed by atoms with van der Waals surface area (Å²) < 4.78 is 7.46. The summed E-state index contributed by atoms with van der Waals surface area (Å²) in [6.07, 6.45) is 8.60. The lowest BCUT2D eigenvalue weighted by Crippen LogP contribution is -2.12. The van der Waals surface area contributed by atoms with Gasteiger partial charge in [0, 0.05) is 33.0 Å². The van der Waals surface area contributed by atoms with E-state index >= 15 is 0 Å². The van der Waals surface area contributed by atoms with Gasteiger partial charge in [0.25, 0.3) is 0 Å². The molecule has 14 heavy (non-hydrogen) atoms. The molecule has 0 saturated heterocycles. The Hall–Kier alpha value is -0.830. The molecule has 3 heteroatoms. The van der Waals surface area contributed by atoms with Crippen LogP contribution in [0, 0.1) is 0 Å². The summed E-state index contributed by atoms with van der Waals surface area (Å²) in [7, 11) is 3.82. The number of hydrogen-bond donors (Lipinski definition) is 0. The summed E-state index contributed by atoms with van der Waals surface area (Å²) in [5.74, 6) is 1.14. The minimum atomic E-state index is 0.386. The molecular weight excluding hydrogens is 176 g/mol. The fraction of sp³-hybridized carbons (Fsp3) is 0.727. The highest BCUT2D eigenvalue weighted by Gasteiger charge is 2.07. The van der Waals surface area contributed by atoms with E-state index in [0.717, 1.165) is 25.1 Å². The lowest BCUT2D eigenvalue weighted by atomic mass is 10.1. The molecule has 80 valence electrons. The Morgan fingerprint density at radius 3 is 2.79 bits per heavy atom. The number of rotatable bonds is 6. The van der Waals surface area contributed by atoms with E-state index in [0.29, 0.717) is 6.10 Å². The zero-order valence-electron chi connectivity index (χ0n) is 9.36. The smallest absolute Gasteiger partial charge is 0.108 e. The topological polar surface area (TPSA) is 27.1 Å². The van der Waals surface area contributed by atoms with Gasteiger partial charge in [0.2, 0.25) is 0 Å². The molecule has 1 aromatic rings. The van der Waals surface area contributed by atoms with Gasteiger partial charge in [0.15, 0.2) is 0 Å². The van der Waals surface area contributed by atoms with E-state index in [2.05, 4.69) is 16.5 Å². The first kappa shape index (κ1) is 11.2. The average molecular weight is 196 g/mol. The van der Waals surface area contributed by atoms with Gasteiger partial charge in [-0.25, -0.2) is 4.98 Å². The minimum Gasteiger partial charge on any atom is -0.381 e. The molecule has 1 rings (SSSR count). The fourth-order valence-corrected chi connectivity index (χ4v) is 1.63. The van der Waals surface area contributed by atoms with Gasteiger partial charge in [0.05, 0.1) is 6.10 Å². The Balaban J connectivity index is 2.35. The molecule has 0 aromatic carbocycles. The van der Waals surface area contributed by atoms with E-state index in [9.17, 15) is 0 Å². The molecule has 0 spiro atoms. The number of imidazole rings is 1. The largest absolute Gasteiger partial charge is 0.381 e. The van der Waals surface area contributed by atoms with Crippen molar-refractivity contribution in [2.75, 3.05) is 7.11 Å². The first-order valence-electron chi connectivity index (χ1n) is 5.27. The average Bonchev–Trinajstić information content (AvgIpc) is 2.59. The van der Waals surface area contributed by atoms with E-state index in [1.807, 2.05) is 19.4 Å². The van der Waals surface area contributed by atoms with Gasteiger partial charge in [-0.1, -0.05) is 13.3 Å². The number of aryl methyl sites for hydroxylation is 2. The van der Waals surface area contributed by atoms with Gasteiger partial charge in [-0.2, -0.15) is 0 Å². The quantitative estimate of drug-likeness (QED) is 0.697. The molecule has 0 N–H and O–H groups in total. The van der Waals surface area contributed by atoms with E-state index in [-0.39, 0.29) is 0 Å². The van der Waals surface area contributed by atoms with E-state index in [4.69, 9.17) is 4.74 Å². The predicted octanol–water partition coefficient (Wildman–Crippen LogP) is 2.17. The molecule has 1 aromatic heterocycles. The standard InChI is InChI=1S/C11H20N2O/c1-4-5-10(14-3)6-7-11-12-8-9-13(11)2/h8-10H,4-7H2,1-3H3. The van der Waals surface area contributed by atoms with Crippen LogP contribution in [0.5, 0.6) is 0 Å². The SMILES string of the molecule is CCCC(CCc1nccn1C)OC. The Labute approximate surface area is 86.1 Å². The van der Waals surface area contributed by atoms with Crippen LogP contribution in [0.2, 0.25) is 0 Å². The normalized spacial score (nSPS) is 13.1. The molecule has 0 saturated carbocycles. The summed E-state index contributed by atoms with van der Waals surface area (Å²) in [4.78, 5) is 4.29. The molecule has 0 fully saturated rings. The Kier molecular flexibility index (Phi) is 4.66. The highest BCUT2D eigenvalue weighted by atomic mass is 16.5. The lowest BCUT2D eigenvalue weighted by Gasteiger charge is -2.13. The second-order valence-electron chi connectivity index (χ2n) is 3.64. The van der Waals surface area contributed by atoms with E-state index in [1.54, 1.807) is 7.11 Å². The number of aromatic nitrogens is 2. The molecule has 1 heterocycles. The van der Waals surface area contributed by atoms with E-state index in [1.165, 1.54) is 6.42 Å². The van der Waals surface area contributed by atoms with Gasteiger partial charge >= 0.3 is 0 Å². The number of methoxy groups -OCH3 is 1. The molecule has 0 aliphatic carbocycles. The monoisotopic (exact) mass is 196 g/mol. The van der Waals surface area contributed by atoms with Crippen molar-refractivity contribution in [1.82, 2.24) is 9.55 Å². The van der Waals surface area contributed by atoms with Crippen molar-refractivity contribution in [3.63, 3.8) is 0 Å².